The molecule has 4 heteroatoms. The van der Waals surface area contributed by atoms with Crippen LogP contribution in [0.1, 0.15) is 46.7 Å². The quantitative estimate of drug-likeness (QED) is 0.874. The van der Waals surface area contributed by atoms with Crippen LogP contribution in [0.15, 0.2) is 12.1 Å². The number of ether oxygens (including phenoxy) is 1. The predicted octanol–water partition coefficient (Wildman–Crippen LogP) is 3.54. The molecule has 0 unspecified atom stereocenters. The maximum absolute atomic E-state index is 10.7. The Morgan fingerprint density at radius 1 is 1.35 bits per heavy atom. The minimum Gasteiger partial charge on any atom is -0.477 e. The lowest BCUT2D eigenvalue weighted by Crippen LogP contribution is -2.12. The molecule has 0 atom stereocenters. The maximum Gasteiger partial charge on any atom is 0.345 e. The Hall–Kier alpha value is -0.870. The van der Waals surface area contributed by atoms with Gasteiger partial charge in [0.1, 0.15) is 4.88 Å². The zero-order valence-corrected chi connectivity index (χ0v) is 10.7. The molecule has 0 spiro atoms. The van der Waals surface area contributed by atoms with Gasteiger partial charge in [-0.05, 0) is 30.9 Å². The number of carbonyl (C=O) groups is 1. The standard InChI is InChI=1S/C13H18O3S/c14-13(15)12-7-6-11(17-12)9-16-8-10-4-2-1-3-5-10/h6-7,10H,1-5,8-9H2,(H,14,15). The fourth-order valence-electron chi connectivity index (χ4n) is 2.25. The molecule has 3 nitrogen and oxygen atoms in total. The summed E-state index contributed by atoms with van der Waals surface area (Å²) in [6, 6.07) is 3.49. The molecule has 1 aliphatic carbocycles. The molecule has 0 radical (unpaired) electrons. The van der Waals surface area contributed by atoms with Gasteiger partial charge >= 0.3 is 5.97 Å². The monoisotopic (exact) mass is 254 g/mol. The van der Waals surface area contributed by atoms with Crippen LogP contribution in [0.2, 0.25) is 0 Å². The average Bonchev–Trinajstić information content (AvgIpc) is 2.79. The van der Waals surface area contributed by atoms with Gasteiger partial charge in [-0.2, -0.15) is 0 Å². The van der Waals surface area contributed by atoms with Crippen molar-refractivity contribution in [2.24, 2.45) is 5.92 Å². The number of hydrogen-bond donors (Lipinski definition) is 1. The lowest BCUT2D eigenvalue weighted by atomic mass is 9.90. The summed E-state index contributed by atoms with van der Waals surface area (Å²) in [5, 5.41) is 8.80. The van der Waals surface area contributed by atoms with Crippen molar-refractivity contribution in [1.29, 1.82) is 0 Å². The number of carboxylic acid groups (broad SMARTS) is 1. The SMILES string of the molecule is O=C(O)c1ccc(COCC2CCCCC2)s1. The fraction of sp³-hybridized carbons (Fsp3) is 0.615. The van der Waals surface area contributed by atoms with Crippen molar-refractivity contribution in [3.63, 3.8) is 0 Å². The molecule has 94 valence electrons. The average molecular weight is 254 g/mol. The molecule has 0 saturated heterocycles. The first-order valence-electron chi connectivity index (χ1n) is 6.15. The third-order valence-corrected chi connectivity index (χ3v) is 4.24. The second-order valence-electron chi connectivity index (χ2n) is 4.59. The van der Waals surface area contributed by atoms with Gasteiger partial charge in [0, 0.05) is 11.5 Å². The van der Waals surface area contributed by atoms with E-state index in [9.17, 15) is 4.79 Å². The molecule has 1 aromatic rings. The number of rotatable bonds is 5. The van der Waals surface area contributed by atoms with Crippen LogP contribution in [-0.2, 0) is 11.3 Å². The van der Waals surface area contributed by atoms with E-state index in [4.69, 9.17) is 9.84 Å². The first kappa shape index (κ1) is 12.6. The first-order chi connectivity index (χ1) is 8.25. The van der Waals surface area contributed by atoms with Crippen LogP contribution in [0.25, 0.3) is 0 Å². The summed E-state index contributed by atoms with van der Waals surface area (Å²) < 4.78 is 5.67. The van der Waals surface area contributed by atoms with Crippen molar-refractivity contribution in [2.75, 3.05) is 6.61 Å². The molecule has 2 rings (SSSR count). The molecule has 1 heterocycles. The number of hydrogen-bond acceptors (Lipinski definition) is 3. The summed E-state index contributed by atoms with van der Waals surface area (Å²) in [6.07, 6.45) is 6.59. The van der Waals surface area contributed by atoms with E-state index in [0.29, 0.717) is 17.4 Å². The van der Waals surface area contributed by atoms with Gasteiger partial charge in [0.2, 0.25) is 0 Å². The van der Waals surface area contributed by atoms with Crippen LogP contribution in [0.5, 0.6) is 0 Å². The highest BCUT2D eigenvalue weighted by molar-refractivity contribution is 7.13. The van der Waals surface area contributed by atoms with Gasteiger partial charge < -0.3 is 9.84 Å². The Balaban J connectivity index is 1.71. The molecule has 0 bridgehead atoms. The maximum atomic E-state index is 10.7. The molecular formula is C13H18O3S. The van der Waals surface area contributed by atoms with Crippen LogP contribution >= 0.6 is 11.3 Å². The largest absolute Gasteiger partial charge is 0.477 e. The molecular weight excluding hydrogens is 236 g/mol. The molecule has 17 heavy (non-hydrogen) atoms. The van der Waals surface area contributed by atoms with Crippen molar-refractivity contribution in [2.45, 2.75) is 38.7 Å². The van der Waals surface area contributed by atoms with E-state index in [-0.39, 0.29) is 0 Å². The van der Waals surface area contributed by atoms with Crippen LogP contribution in [0.3, 0.4) is 0 Å². The van der Waals surface area contributed by atoms with Crippen molar-refractivity contribution in [1.82, 2.24) is 0 Å². The van der Waals surface area contributed by atoms with Gasteiger partial charge in [0.15, 0.2) is 0 Å². The van der Waals surface area contributed by atoms with Gasteiger partial charge in [-0.1, -0.05) is 19.3 Å². The smallest absolute Gasteiger partial charge is 0.345 e. The van der Waals surface area contributed by atoms with E-state index < -0.39 is 5.97 Å². The second-order valence-corrected chi connectivity index (χ2v) is 5.76. The first-order valence-corrected chi connectivity index (χ1v) is 6.97. The highest BCUT2D eigenvalue weighted by Gasteiger charge is 2.13. The fourth-order valence-corrected chi connectivity index (χ4v) is 3.03. The van der Waals surface area contributed by atoms with E-state index in [1.807, 2.05) is 6.07 Å². The van der Waals surface area contributed by atoms with Gasteiger partial charge in [-0.3, -0.25) is 0 Å². The van der Waals surface area contributed by atoms with Crippen molar-refractivity contribution < 1.29 is 14.6 Å². The summed E-state index contributed by atoms with van der Waals surface area (Å²) in [6.45, 7) is 1.37. The zero-order chi connectivity index (χ0) is 12.1. The Labute approximate surface area is 105 Å². The molecule has 0 aromatic carbocycles. The molecule has 1 N–H and O–H groups in total. The van der Waals surface area contributed by atoms with Crippen LogP contribution in [0.4, 0.5) is 0 Å². The minimum absolute atomic E-state index is 0.390. The van der Waals surface area contributed by atoms with Crippen molar-refractivity contribution in [3.05, 3.63) is 21.9 Å². The number of thiophene rings is 1. The van der Waals surface area contributed by atoms with Crippen LogP contribution in [0, 0.1) is 5.92 Å². The Morgan fingerprint density at radius 2 is 2.12 bits per heavy atom. The Bertz CT molecular complexity index is 366. The van der Waals surface area contributed by atoms with E-state index in [2.05, 4.69) is 0 Å². The Kier molecular flexibility index (Phi) is 4.57. The highest BCUT2D eigenvalue weighted by atomic mass is 32.1. The van der Waals surface area contributed by atoms with E-state index >= 15 is 0 Å². The van der Waals surface area contributed by atoms with Gasteiger partial charge in [0.25, 0.3) is 0 Å². The van der Waals surface area contributed by atoms with E-state index in [0.717, 1.165) is 11.5 Å². The van der Waals surface area contributed by atoms with Crippen molar-refractivity contribution in [3.8, 4) is 0 Å². The predicted molar refractivity (Wildman–Crippen MR) is 67.5 cm³/mol. The summed E-state index contributed by atoms with van der Waals surface area (Å²) >= 11 is 1.30. The third kappa shape index (κ3) is 3.82. The molecule has 1 saturated carbocycles. The second kappa shape index (κ2) is 6.17. The number of carboxylic acids is 1. The van der Waals surface area contributed by atoms with Crippen LogP contribution < -0.4 is 0 Å². The summed E-state index contributed by atoms with van der Waals surface area (Å²) in [5.74, 6) is -0.142. The van der Waals surface area contributed by atoms with Gasteiger partial charge in [-0.25, -0.2) is 4.79 Å². The zero-order valence-electron chi connectivity index (χ0n) is 9.85. The summed E-state index contributed by atoms with van der Waals surface area (Å²) in [7, 11) is 0. The van der Waals surface area contributed by atoms with Crippen LogP contribution in [-0.4, -0.2) is 17.7 Å². The van der Waals surface area contributed by atoms with Gasteiger partial charge in [0.05, 0.1) is 6.61 Å². The molecule has 0 amide bonds. The molecule has 1 fully saturated rings. The molecule has 1 aliphatic rings. The van der Waals surface area contributed by atoms with E-state index in [1.165, 1.54) is 43.4 Å². The normalized spacial score (nSPS) is 17.2. The topological polar surface area (TPSA) is 46.5 Å². The van der Waals surface area contributed by atoms with E-state index in [1.54, 1.807) is 6.07 Å². The minimum atomic E-state index is -0.853. The highest BCUT2D eigenvalue weighted by Crippen LogP contribution is 2.24. The van der Waals surface area contributed by atoms with Crippen molar-refractivity contribution >= 4 is 17.3 Å². The number of aromatic carboxylic acids is 1. The molecule has 0 aliphatic heterocycles. The Morgan fingerprint density at radius 3 is 2.76 bits per heavy atom. The summed E-state index contributed by atoms with van der Waals surface area (Å²) in [4.78, 5) is 12.1. The third-order valence-electron chi connectivity index (χ3n) is 3.20. The lowest BCUT2D eigenvalue weighted by Gasteiger charge is -2.21. The van der Waals surface area contributed by atoms with Gasteiger partial charge in [-0.15, -0.1) is 11.3 Å². The summed E-state index contributed by atoms with van der Waals surface area (Å²) in [5.41, 5.74) is 0. The molecule has 1 aromatic heterocycles. The lowest BCUT2D eigenvalue weighted by molar-refractivity contribution is 0.0702.